The number of hydrogen-bond acceptors (Lipinski definition) is 3. The first kappa shape index (κ1) is 19.9. The van der Waals surface area contributed by atoms with Crippen LogP contribution < -0.4 is 0 Å². The molecule has 0 spiro atoms. The fourth-order valence-electron chi connectivity index (χ4n) is 3.57. The molecule has 0 bridgehead atoms. The molecule has 2 aromatic carbocycles. The first-order valence-electron chi connectivity index (χ1n) is 9.20. The topological polar surface area (TPSA) is 47.8 Å². The van der Waals surface area contributed by atoms with Crippen LogP contribution in [-0.2, 0) is 4.74 Å². The van der Waals surface area contributed by atoms with E-state index in [0.717, 1.165) is 11.6 Å². The molecule has 30 heavy (non-hydrogen) atoms. The number of carbonyl (C=O) groups is 2. The van der Waals surface area contributed by atoms with Gasteiger partial charge in [0, 0.05) is 22.9 Å². The Morgan fingerprint density at radius 1 is 1.00 bits per heavy atom. The predicted octanol–water partition coefficient (Wildman–Crippen LogP) is 5.72. The van der Waals surface area contributed by atoms with Crippen LogP contribution in [0.5, 0.6) is 0 Å². The van der Waals surface area contributed by atoms with E-state index >= 15 is 0 Å². The summed E-state index contributed by atoms with van der Waals surface area (Å²) in [5.74, 6) is -1.45. The molecule has 4 nitrogen and oxygen atoms in total. The van der Waals surface area contributed by atoms with Crippen molar-refractivity contribution in [1.82, 2.24) is 4.40 Å². The quantitative estimate of drug-likeness (QED) is 0.312. The lowest BCUT2D eigenvalue weighted by atomic mass is 10.0. The van der Waals surface area contributed by atoms with E-state index in [1.807, 2.05) is 19.1 Å². The molecule has 0 radical (unpaired) electrons. The van der Waals surface area contributed by atoms with Crippen molar-refractivity contribution in [2.45, 2.75) is 6.92 Å². The summed E-state index contributed by atoms with van der Waals surface area (Å²) in [7, 11) is 1.24. The summed E-state index contributed by atoms with van der Waals surface area (Å²) in [5, 5.41) is 0.362. The molecule has 0 saturated heterocycles. The second kappa shape index (κ2) is 7.76. The van der Waals surface area contributed by atoms with Gasteiger partial charge in [-0.05, 0) is 48.9 Å². The average Bonchev–Trinajstić information content (AvgIpc) is 3.12. The molecule has 0 saturated carbocycles. The van der Waals surface area contributed by atoms with E-state index in [1.54, 1.807) is 40.9 Å². The number of benzene rings is 2. The number of methoxy groups -OCH3 is 1. The maximum absolute atomic E-state index is 14.9. The Bertz CT molecular complexity index is 1290. The minimum atomic E-state index is -0.618. The number of esters is 1. The van der Waals surface area contributed by atoms with Crippen molar-refractivity contribution in [2.24, 2.45) is 0 Å². The number of aryl methyl sites for hydroxylation is 1. The predicted molar refractivity (Wildman–Crippen MR) is 114 cm³/mol. The van der Waals surface area contributed by atoms with Crippen LogP contribution in [0.25, 0.3) is 16.6 Å². The Balaban J connectivity index is 1.91. The van der Waals surface area contributed by atoms with Crippen molar-refractivity contribution in [1.29, 1.82) is 0 Å². The standard InChI is InChI=1S/C24H17ClFNO3/c1-14-6-5-7-18(25)22(14)23(28)21-13-17(20-8-3-4-11-27(20)21)16-10-9-15(12-19(16)26)24(29)30-2/h3-13H,1-2H3. The van der Waals surface area contributed by atoms with Gasteiger partial charge in [-0.25, -0.2) is 9.18 Å². The summed E-state index contributed by atoms with van der Waals surface area (Å²) in [6, 6.07) is 16.5. The molecular weight excluding hydrogens is 405 g/mol. The summed E-state index contributed by atoms with van der Waals surface area (Å²) in [6.07, 6.45) is 1.75. The highest BCUT2D eigenvalue weighted by Gasteiger charge is 2.22. The Morgan fingerprint density at radius 3 is 2.50 bits per heavy atom. The van der Waals surface area contributed by atoms with E-state index in [2.05, 4.69) is 4.74 Å². The first-order chi connectivity index (χ1) is 14.4. The number of aromatic nitrogens is 1. The normalized spacial score (nSPS) is 10.9. The van der Waals surface area contributed by atoms with E-state index in [0.29, 0.717) is 27.4 Å². The SMILES string of the molecule is COC(=O)c1ccc(-c2cc(C(=O)c3c(C)cccc3Cl)n3ccccc23)c(F)c1. The molecule has 0 N–H and O–H groups in total. The third-order valence-electron chi connectivity index (χ3n) is 5.04. The van der Waals surface area contributed by atoms with Crippen molar-refractivity contribution in [2.75, 3.05) is 7.11 Å². The zero-order valence-corrected chi connectivity index (χ0v) is 17.0. The van der Waals surface area contributed by atoms with Gasteiger partial charge in [0.15, 0.2) is 0 Å². The van der Waals surface area contributed by atoms with Crippen molar-refractivity contribution in [3.05, 3.63) is 100 Å². The molecule has 4 rings (SSSR count). The van der Waals surface area contributed by atoms with E-state index in [1.165, 1.54) is 19.2 Å². The van der Waals surface area contributed by atoms with Crippen molar-refractivity contribution >= 4 is 28.9 Å². The number of carbonyl (C=O) groups excluding carboxylic acids is 2. The highest BCUT2D eigenvalue weighted by atomic mass is 35.5. The molecule has 0 unspecified atom stereocenters. The van der Waals surface area contributed by atoms with Gasteiger partial charge in [-0.15, -0.1) is 0 Å². The lowest BCUT2D eigenvalue weighted by molar-refractivity contribution is 0.0600. The molecule has 0 amide bonds. The highest BCUT2D eigenvalue weighted by molar-refractivity contribution is 6.35. The fourth-order valence-corrected chi connectivity index (χ4v) is 3.88. The Hall–Kier alpha value is -3.44. The molecule has 4 aromatic rings. The van der Waals surface area contributed by atoms with Gasteiger partial charge in [-0.1, -0.05) is 35.9 Å². The Kier molecular flexibility index (Phi) is 5.14. The number of halogens is 2. The maximum Gasteiger partial charge on any atom is 0.337 e. The molecule has 6 heteroatoms. The Morgan fingerprint density at radius 2 is 1.80 bits per heavy atom. The maximum atomic E-state index is 14.9. The first-order valence-corrected chi connectivity index (χ1v) is 9.58. The number of nitrogens with zero attached hydrogens (tertiary/aromatic N) is 1. The number of ketones is 1. The van der Waals surface area contributed by atoms with Gasteiger partial charge < -0.3 is 9.14 Å². The van der Waals surface area contributed by atoms with Crippen LogP contribution in [0.15, 0.2) is 66.9 Å². The molecule has 2 heterocycles. The smallest absolute Gasteiger partial charge is 0.337 e. The number of hydrogen-bond donors (Lipinski definition) is 0. The van der Waals surface area contributed by atoms with Crippen LogP contribution in [0.1, 0.15) is 32.0 Å². The van der Waals surface area contributed by atoms with Gasteiger partial charge in [0.1, 0.15) is 5.82 Å². The second-order valence-corrected chi connectivity index (χ2v) is 7.25. The number of fused-ring (bicyclic) bond motifs is 1. The Labute approximate surface area is 177 Å². The molecule has 0 aliphatic heterocycles. The molecule has 150 valence electrons. The van der Waals surface area contributed by atoms with Crippen LogP contribution in [-0.4, -0.2) is 23.3 Å². The molecular formula is C24H17ClFNO3. The van der Waals surface area contributed by atoms with Gasteiger partial charge in [0.05, 0.1) is 28.9 Å². The third kappa shape index (κ3) is 3.27. The number of rotatable bonds is 4. The van der Waals surface area contributed by atoms with E-state index in [4.69, 9.17) is 11.6 Å². The van der Waals surface area contributed by atoms with E-state index in [9.17, 15) is 14.0 Å². The van der Waals surface area contributed by atoms with Gasteiger partial charge in [-0.2, -0.15) is 0 Å². The summed E-state index contributed by atoms with van der Waals surface area (Å²) in [4.78, 5) is 25.0. The van der Waals surface area contributed by atoms with Gasteiger partial charge in [-0.3, -0.25) is 4.79 Å². The number of ether oxygens (including phenoxy) is 1. The van der Waals surface area contributed by atoms with Crippen molar-refractivity contribution in [3.8, 4) is 11.1 Å². The summed E-state index contributed by atoms with van der Waals surface area (Å²) < 4.78 is 21.3. The van der Waals surface area contributed by atoms with Gasteiger partial charge in [0.25, 0.3) is 0 Å². The van der Waals surface area contributed by atoms with Gasteiger partial charge >= 0.3 is 5.97 Å². The number of pyridine rings is 1. The zero-order chi connectivity index (χ0) is 21.4. The zero-order valence-electron chi connectivity index (χ0n) is 16.3. The van der Waals surface area contributed by atoms with Crippen LogP contribution in [0.3, 0.4) is 0 Å². The summed E-state index contributed by atoms with van der Waals surface area (Å²) in [6.45, 7) is 1.82. The monoisotopic (exact) mass is 421 g/mol. The minimum Gasteiger partial charge on any atom is -0.465 e. The minimum absolute atomic E-state index is 0.116. The molecule has 0 aliphatic rings. The van der Waals surface area contributed by atoms with Crippen LogP contribution in [0.2, 0.25) is 5.02 Å². The molecule has 0 aliphatic carbocycles. The second-order valence-electron chi connectivity index (χ2n) is 6.85. The fraction of sp³-hybridized carbons (Fsp3) is 0.0833. The largest absolute Gasteiger partial charge is 0.465 e. The van der Waals surface area contributed by atoms with Gasteiger partial charge in [0.2, 0.25) is 5.78 Å². The summed E-state index contributed by atoms with van der Waals surface area (Å²) in [5.41, 5.74) is 3.14. The van der Waals surface area contributed by atoms with Crippen LogP contribution >= 0.6 is 11.6 Å². The average molecular weight is 422 g/mol. The van der Waals surface area contributed by atoms with E-state index < -0.39 is 11.8 Å². The lowest BCUT2D eigenvalue weighted by Gasteiger charge is -2.07. The lowest BCUT2D eigenvalue weighted by Crippen LogP contribution is -2.07. The van der Waals surface area contributed by atoms with Crippen molar-refractivity contribution < 1.29 is 18.7 Å². The molecule has 0 fully saturated rings. The van der Waals surface area contributed by atoms with Crippen LogP contribution in [0, 0.1) is 12.7 Å². The third-order valence-corrected chi connectivity index (χ3v) is 5.35. The van der Waals surface area contributed by atoms with Crippen molar-refractivity contribution in [3.63, 3.8) is 0 Å². The highest BCUT2D eigenvalue weighted by Crippen LogP contribution is 2.33. The van der Waals surface area contributed by atoms with E-state index in [-0.39, 0.29) is 16.9 Å². The summed E-state index contributed by atoms with van der Waals surface area (Å²) >= 11 is 6.30. The molecule has 2 aromatic heterocycles. The van der Waals surface area contributed by atoms with Crippen LogP contribution in [0.4, 0.5) is 4.39 Å². The molecule has 0 atom stereocenters.